The summed E-state index contributed by atoms with van der Waals surface area (Å²) in [6, 6.07) is 0. The number of thiol groups is 1. The maximum Gasteiger partial charge on any atom is 0.0593 e. The lowest BCUT2D eigenvalue weighted by atomic mass is 10.4. The second kappa shape index (κ2) is 12.3. The molecule has 0 heterocycles. The van der Waals surface area contributed by atoms with E-state index in [9.17, 15) is 0 Å². The molecular weight excluding hydrogens is 210 g/mol. The predicted octanol–water partition coefficient (Wildman–Crippen LogP) is 1.68. The number of hydrogen-bond acceptors (Lipinski definition) is 4. The van der Waals surface area contributed by atoms with Crippen molar-refractivity contribution in [1.29, 1.82) is 0 Å². The van der Waals surface area contributed by atoms with Gasteiger partial charge in [0.1, 0.15) is 0 Å². The lowest BCUT2D eigenvalue weighted by Gasteiger charge is -2.21. The van der Waals surface area contributed by atoms with E-state index in [1.54, 1.807) is 0 Å². The molecule has 0 saturated heterocycles. The van der Waals surface area contributed by atoms with Crippen LogP contribution in [0.4, 0.5) is 0 Å². The van der Waals surface area contributed by atoms with E-state index in [4.69, 9.17) is 9.47 Å². The first-order chi connectivity index (χ1) is 7.35. The van der Waals surface area contributed by atoms with Gasteiger partial charge in [-0.25, -0.2) is 0 Å². The van der Waals surface area contributed by atoms with Gasteiger partial charge in [-0.05, 0) is 32.6 Å². The lowest BCUT2D eigenvalue weighted by Crippen LogP contribution is -2.32. The Labute approximate surface area is 99.5 Å². The van der Waals surface area contributed by atoms with Gasteiger partial charge in [0, 0.05) is 26.3 Å². The fourth-order valence-electron chi connectivity index (χ4n) is 1.31. The summed E-state index contributed by atoms with van der Waals surface area (Å²) < 4.78 is 10.7. The molecule has 0 rings (SSSR count). The smallest absolute Gasteiger partial charge is 0.0593 e. The predicted molar refractivity (Wildman–Crippen MR) is 67.9 cm³/mol. The molecular formula is C11H25NO2S. The van der Waals surface area contributed by atoms with Crippen molar-refractivity contribution in [3.8, 4) is 0 Å². The molecule has 0 aliphatic rings. The van der Waals surface area contributed by atoms with Crippen molar-refractivity contribution in [1.82, 2.24) is 4.90 Å². The van der Waals surface area contributed by atoms with Crippen molar-refractivity contribution in [3.05, 3.63) is 0 Å². The molecule has 0 aliphatic carbocycles. The van der Waals surface area contributed by atoms with Crippen molar-refractivity contribution in [2.75, 3.05) is 51.8 Å². The first-order valence-corrected chi connectivity index (χ1v) is 6.47. The SMILES string of the molecule is CCOCCN(CCCS)CCOCC. The zero-order valence-electron chi connectivity index (χ0n) is 10.1. The topological polar surface area (TPSA) is 21.7 Å². The van der Waals surface area contributed by atoms with Crippen LogP contribution < -0.4 is 0 Å². The summed E-state index contributed by atoms with van der Waals surface area (Å²) in [6.07, 6.45) is 1.13. The van der Waals surface area contributed by atoms with Gasteiger partial charge in [0.15, 0.2) is 0 Å². The monoisotopic (exact) mass is 235 g/mol. The van der Waals surface area contributed by atoms with E-state index in [2.05, 4.69) is 17.5 Å². The molecule has 0 radical (unpaired) electrons. The van der Waals surface area contributed by atoms with Gasteiger partial charge in [-0.15, -0.1) is 0 Å². The van der Waals surface area contributed by atoms with Crippen LogP contribution in [-0.4, -0.2) is 56.7 Å². The normalized spacial score (nSPS) is 11.2. The standard InChI is InChI=1S/C11H25NO2S/c1-3-13-9-7-12(6-5-11-15)8-10-14-4-2/h15H,3-11H2,1-2H3. The van der Waals surface area contributed by atoms with Crippen LogP contribution in [-0.2, 0) is 9.47 Å². The Balaban J connectivity index is 3.53. The number of ether oxygens (including phenoxy) is 2. The molecule has 0 unspecified atom stereocenters. The number of nitrogens with zero attached hydrogens (tertiary/aromatic N) is 1. The minimum atomic E-state index is 0.797. The van der Waals surface area contributed by atoms with E-state index in [-0.39, 0.29) is 0 Å². The van der Waals surface area contributed by atoms with Crippen molar-refractivity contribution in [2.24, 2.45) is 0 Å². The highest BCUT2D eigenvalue weighted by atomic mass is 32.1. The largest absolute Gasteiger partial charge is 0.380 e. The molecule has 0 aromatic carbocycles. The van der Waals surface area contributed by atoms with Gasteiger partial charge in [-0.2, -0.15) is 12.6 Å². The molecule has 4 heteroatoms. The fraction of sp³-hybridized carbons (Fsp3) is 1.00. The fourth-order valence-corrected chi connectivity index (χ4v) is 1.45. The highest BCUT2D eigenvalue weighted by molar-refractivity contribution is 7.80. The molecule has 0 aromatic heterocycles. The summed E-state index contributed by atoms with van der Waals surface area (Å²) in [7, 11) is 0. The summed E-state index contributed by atoms with van der Waals surface area (Å²) in [5.41, 5.74) is 0. The van der Waals surface area contributed by atoms with E-state index in [0.717, 1.165) is 58.2 Å². The Morgan fingerprint density at radius 2 is 1.47 bits per heavy atom. The first kappa shape index (κ1) is 15.2. The van der Waals surface area contributed by atoms with Crippen molar-refractivity contribution in [2.45, 2.75) is 20.3 Å². The zero-order valence-corrected chi connectivity index (χ0v) is 11.0. The van der Waals surface area contributed by atoms with Crippen LogP contribution in [0, 0.1) is 0 Å². The molecule has 0 spiro atoms. The Bertz CT molecular complexity index is 115. The summed E-state index contributed by atoms with van der Waals surface area (Å²) in [4.78, 5) is 2.38. The third-order valence-corrected chi connectivity index (χ3v) is 2.46. The van der Waals surface area contributed by atoms with Crippen molar-refractivity contribution < 1.29 is 9.47 Å². The van der Waals surface area contributed by atoms with Gasteiger partial charge in [-0.1, -0.05) is 0 Å². The molecule has 15 heavy (non-hydrogen) atoms. The molecule has 0 bridgehead atoms. The average Bonchev–Trinajstić information content (AvgIpc) is 2.25. The van der Waals surface area contributed by atoms with E-state index in [1.165, 1.54) is 0 Å². The molecule has 0 aliphatic heterocycles. The van der Waals surface area contributed by atoms with E-state index in [1.807, 2.05) is 13.8 Å². The third-order valence-electron chi connectivity index (χ3n) is 2.14. The van der Waals surface area contributed by atoms with E-state index >= 15 is 0 Å². The molecule has 0 fully saturated rings. The molecule has 0 amide bonds. The van der Waals surface area contributed by atoms with Crippen LogP contribution in [0.15, 0.2) is 0 Å². The zero-order chi connectivity index (χ0) is 11.4. The van der Waals surface area contributed by atoms with Crippen LogP contribution in [0.2, 0.25) is 0 Å². The second-order valence-electron chi connectivity index (χ2n) is 3.31. The number of hydrogen-bond donors (Lipinski definition) is 1. The summed E-state index contributed by atoms with van der Waals surface area (Å²) in [6.45, 7) is 10.4. The maximum absolute atomic E-state index is 5.35. The van der Waals surface area contributed by atoms with Gasteiger partial charge in [-0.3, -0.25) is 4.90 Å². The highest BCUT2D eigenvalue weighted by Gasteiger charge is 2.03. The third kappa shape index (κ3) is 10.5. The number of rotatable bonds is 11. The van der Waals surface area contributed by atoms with E-state index in [0.29, 0.717) is 0 Å². The molecule has 3 nitrogen and oxygen atoms in total. The summed E-state index contributed by atoms with van der Waals surface area (Å²) in [5.74, 6) is 0.944. The molecule has 0 saturated carbocycles. The Kier molecular flexibility index (Phi) is 12.5. The average molecular weight is 235 g/mol. The van der Waals surface area contributed by atoms with Gasteiger partial charge < -0.3 is 9.47 Å². The Morgan fingerprint density at radius 3 is 1.87 bits per heavy atom. The van der Waals surface area contributed by atoms with Gasteiger partial charge in [0.2, 0.25) is 0 Å². The molecule has 0 atom stereocenters. The first-order valence-electron chi connectivity index (χ1n) is 5.83. The van der Waals surface area contributed by atoms with Crippen LogP contribution in [0.25, 0.3) is 0 Å². The van der Waals surface area contributed by atoms with Crippen LogP contribution in [0.3, 0.4) is 0 Å². The van der Waals surface area contributed by atoms with Crippen molar-refractivity contribution >= 4 is 12.6 Å². The van der Waals surface area contributed by atoms with Crippen LogP contribution in [0.5, 0.6) is 0 Å². The van der Waals surface area contributed by atoms with Crippen LogP contribution in [0.1, 0.15) is 20.3 Å². The van der Waals surface area contributed by atoms with Gasteiger partial charge >= 0.3 is 0 Å². The molecule has 0 N–H and O–H groups in total. The minimum absolute atomic E-state index is 0.797. The summed E-state index contributed by atoms with van der Waals surface area (Å²) >= 11 is 4.22. The van der Waals surface area contributed by atoms with Gasteiger partial charge in [0.05, 0.1) is 13.2 Å². The minimum Gasteiger partial charge on any atom is -0.380 e. The molecule has 0 aromatic rings. The Morgan fingerprint density at radius 1 is 0.933 bits per heavy atom. The summed E-state index contributed by atoms with van der Waals surface area (Å²) in [5, 5.41) is 0. The highest BCUT2D eigenvalue weighted by Crippen LogP contribution is 1.94. The van der Waals surface area contributed by atoms with Crippen molar-refractivity contribution in [3.63, 3.8) is 0 Å². The second-order valence-corrected chi connectivity index (χ2v) is 3.76. The lowest BCUT2D eigenvalue weighted by molar-refractivity contribution is 0.0830. The Hall–Kier alpha value is 0.230. The van der Waals surface area contributed by atoms with E-state index < -0.39 is 0 Å². The van der Waals surface area contributed by atoms with Crippen LogP contribution >= 0.6 is 12.6 Å². The maximum atomic E-state index is 5.35. The van der Waals surface area contributed by atoms with Gasteiger partial charge in [0.25, 0.3) is 0 Å². The molecule has 92 valence electrons. The quantitative estimate of drug-likeness (QED) is 0.435.